The van der Waals surface area contributed by atoms with E-state index in [1.54, 1.807) is 0 Å². The minimum Gasteiger partial charge on any atom is -0.207 e. The van der Waals surface area contributed by atoms with Gasteiger partial charge in [0.1, 0.15) is 16.5 Å². The molecule has 0 radical (unpaired) electrons. The van der Waals surface area contributed by atoms with Gasteiger partial charge in [-0.25, -0.2) is 21.9 Å². The average molecular weight is 369 g/mol. The van der Waals surface area contributed by atoms with Gasteiger partial charge in [-0.05, 0) is 86.3 Å². The molecule has 25 heavy (non-hydrogen) atoms. The number of benzene rings is 1. The van der Waals surface area contributed by atoms with E-state index in [9.17, 15) is 17.2 Å². The number of nitrogens with one attached hydrogen (secondary N) is 1. The van der Waals surface area contributed by atoms with Gasteiger partial charge < -0.3 is 0 Å². The van der Waals surface area contributed by atoms with Crippen LogP contribution < -0.4 is 4.72 Å². The van der Waals surface area contributed by atoms with Gasteiger partial charge in [-0.3, -0.25) is 0 Å². The van der Waals surface area contributed by atoms with E-state index >= 15 is 0 Å². The van der Waals surface area contributed by atoms with Crippen LogP contribution in [0.15, 0.2) is 23.1 Å². The van der Waals surface area contributed by atoms with Crippen molar-refractivity contribution in [3.63, 3.8) is 0 Å². The fraction of sp³-hybridized carbons (Fsp3) is 0.684. The SMILES string of the molecule is CCC(NS(=O)(=O)c1cc(F)ccc1F)C12CC3CC(CC(C3)C1)C2. The van der Waals surface area contributed by atoms with Gasteiger partial charge in [-0.1, -0.05) is 6.92 Å². The van der Waals surface area contributed by atoms with E-state index < -0.39 is 26.6 Å². The summed E-state index contributed by atoms with van der Waals surface area (Å²) >= 11 is 0. The second-order valence-electron chi connectivity index (χ2n) is 8.44. The highest BCUT2D eigenvalue weighted by atomic mass is 32.2. The fourth-order valence-corrected chi connectivity index (χ4v) is 7.69. The van der Waals surface area contributed by atoms with Crippen LogP contribution in [-0.4, -0.2) is 14.5 Å². The molecule has 0 aliphatic heterocycles. The first-order valence-corrected chi connectivity index (χ1v) is 10.8. The topological polar surface area (TPSA) is 46.2 Å². The zero-order chi connectivity index (χ0) is 17.8. The molecule has 5 rings (SSSR count). The smallest absolute Gasteiger partial charge is 0.207 e. The maximum Gasteiger partial charge on any atom is 0.243 e. The van der Waals surface area contributed by atoms with Gasteiger partial charge in [-0.15, -0.1) is 0 Å². The van der Waals surface area contributed by atoms with Gasteiger partial charge >= 0.3 is 0 Å². The van der Waals surface area contributed by atoms with Gasteiger partial charge in [0.2, 0.25) is 10.0 Å². The number of halogens is 2. The van der Waals surface area contributed by atoms with Crippen LogP contribution in [0.4, 0.5) is 8.78 Å². The molecule has 4 bridgehead atoms. The van der Waals surface area contributed by atoms with Crippen LogP contribution in [0.25, 0.3) is 0 Å². The van der Waals surface area contributed by atoms with Crippen molar-refractivity contribution in [1.82, 2.24) is 4.72 Å². The molecule has 6 heteroatoms. The lowest BCUT2D eigenvalue weighted by Gasteiger charge is -2.59. The molecule has 0 heterocycles. The Morgan fingerprint density at radius 2 is 1.68 bits per heavy atom. The molecule has 1 aromatic carbocycles. The van der Waals surface area contributed by atoms with Gasteiger partial charge in [0, 0.05) is 6.04 Å². The summed E-state index contributed by atoms with van der Waals surface area (Å²) in [4.78, 5) is -0.587. The Balaban J connectivity index is 1.63. The number of rotatable bonds is 5. The minimum atomic E-state index is -4.08. The van der Waals surface area contributed by atoms with Gasteiger partial charge in [0.15, 0.2) is 0 Å². The maximum absolute atomic E-state index is 14.0. The van der Waals surface area contributed by atoms with Crippen molar-refractivity contribution >= 4 is 10.0 Å². The van der Waals surface area contributed by atoms with Crippen molar-refractivity contribution in [2.75, 3.05) is 0 Å². The van der Waals surface area contributed by atoms with Crippen LogP contribution in [0.5, 0.6) is 0 Å². The molecule has 3 nitrogen and oxygen atoms in total. The standard InChI is InChI=1S/C19H25F2NO2S/c1-2-18(19-9-12-5-13(10-19)7-14(6-12)11-19)22-25(23,24)17-8-15(20)3-4-16(17)21/h3-4,8,12-14,18,22H,2,5-7,9-11H2,1H3. The third kappa shape index (κ3) is 3.01. The second kappa shape index (κ2) is 6.02. The zero-order valence-electron chi connectivity index (χ0n) is 14.5. The molecule has 1 atom stereocenters. The summed E-state index contributed by atoms with van der Waals surface area (Å²) in [5.41, 5.74) is -0.0135. The third-order valence-corrected chi connectivity index (χ3v) is 8.20. The Hall–Kier alpha value is -1.01. The monoisotopic (exact) mass is 369 g/mol. The zero-order valence-corrected chi connectivity index (χ0v) is 15.3. The van der Waals surface area contributed by atoms with E-state index in [0.29, 0.717) is 24.2 Å². The summed E-state index contributed by atoms with van der Waals surface area (Å²) in [6.45, 7) is 1.98. The Morgan fingerprint density at radius 1 is 1.12 bits per heavy atom. The van der Waals surface area contributed by atoms with Gasteiger partial charge in [0.05, 0.1) is 0 Å². The van der Waals surface area contributed by atoms with Crippen molar-refractivity contribution in [2.45, 2.75) is 62.8 Å². The Morgan fingerprint density at radius 3 is 2.20 bits per heavy atom. The summed E-state index contributed by atoms with van der Waals surface area (Å²) < 4.78 is 55.7. The van der Waals surface area contributed by atoms with Crippen molar-refractivity contribution < 1.29 is 17.2 Å². The molecule has 0 aromatic heterocycles. The molecule has 0 saturated heterocycles. The molecular formula is C19H25F2NO2S. The molecule has 1 unspecified atom stereocenters. The van der Waals surface area contributed by atoms with E-state index in [-0.39, 0.29) is 11.5 Å². The fourth-order valence-electron chi connectivity index (χ4n) is 6.18. The van der Waals surface area contributed by atoms with E-state index in [4.69, 9.17) is 0 Å². The van der Waals surface area contributed by atoms with Crippen molar-refractivity contribution in [1.29, 1.82) is 0 Å². The van der Waals surface area contributed by atoms with Crippen LogP contribution in [0, 0.1) is 34.8 Å². The average Bonchev–Trinajstić information content (AvgIpc) is 2.53. The van der Waals surface area contributed by atoms with Crippen LogP contribution in [0.3, 0.4) is 0 Å². The van der Waals surface area contributed by atoms with Crippen LogP contribution in [-0.2, 0) is 10.0 Å². The molecule has 1 aromatic rings. The summed E-state index contributed by atoms with van der Waals surface area (Å²) in [6, 6.07) is 2.36. The maximum atomic E-state index is 14.0. The Kier molecular flexibility index (Phi) is 4.19. The molecule has 4 fully saturated rings. The lowest BCUT2D eigenvalue weighted by Crippen LogP contribution is -2.56. The summed E-state index contributed by atoms with van der Waals surface area (Å²) in [7, 11) is -4.08. The Labute approximate surface area is 148 Å². The van der Waals surface area contributed by atoms with Crippen LogP contribution >= 0.6 is 0 Å². The first-order chi connectivity index (χ1) is 11.8. The van der Waals surface area contributed by atoms with E-state index in [1.165, 1.54) is 19.3 Å². The number of hydrogen-bond donors (Lipinski definition) is 1. The van der Waals surface area contributed by atoms with E-state index in [0.717, 1.165) is 37.5 Å². The third-order valence-electron chi connectivity index (χ3n) is 6.71. The van der Waals surface area contributed by atoms with Crippen LogP contribution in [0.2, 0.25) is 0 Å². The molecule has 4 aliphatic rings. The quantitative estimate of drug-likeness (QED) is 0.844. The second-order valence-corrected chi connectivity index (χ2v) is 10.1. The lowest BCUT2D eigenvalue weighted by molar-refractivity contribution is -0.0704. The first kappa shape index (κ1) is 17.4. The highest BCUT2D eigenvalue weighted by Gasteiger charge is 2.54. The Bertz CT molecular complexity index is 742. The summed E-state index contributed by atoms with van der Waals surface area (Å²) in [6.07, 6.45) is 7.69. The minimum absolute atomic E-state index is 0.0135. The van der Waals surface area contributed by atoms with Crippen molar-refractivity contribution in [2.24, 2.45) is 23.2 Å². The lowest BCUT2D eigenvalue weighted by atomic mass is 9.47. The first-order valence-electron chi connectivity index (χ1n) is 9.29. The molecule has 138 valence electrons. The van der Waals surface area contributed by atoms with Gasteiger partial charge in [0.25, 0.3) is 0 Å². The molecule has 1 N–H and O–H groups in total. The van der Waals surface area contributed by atoms with E-state index in [1.807, 2.05) is 6.92 Å². The molecule has 0 spiro atoms. The van der Waals surface area contributed by atoms with E-state index in [2.05, 4.69) is 4.72 Å². The van der Waals surface area contributed by atoms with Crippen LogP contribution in [0.1, 0.15) is 51.9 Å². The molecule has 0 amide bonds. The summed E-state index contributed by atoms with van der Waals surface area (Å²) in [5.74, 6) is 0.459. The normalized spacial score (nSPS) is 35.1. The highest BCUT2D eigenvalue weighted by molar-refractivity contribution is 7.89. The molecular weight excluding hydrogens is 344 g/mol. The summed E-state index contributed by atoms with van der Waals surface area (Å²) in [5, 5.41) is 0. The number of hydrogen-bond acceptors (Lipinski definition) is 2. The predicted molar refractivity (Wildman–Crippen MR) is 91.4 cm³/mol. The van der Waals surface area contributed by atoms with Crippen molar-refractivity contribution in [3.8, 4) is 0 Å². The van der Waals surface area contributed by atoms with Crippen molar-refractivity contribution in [3.05, 3.63) is 29.8 Å². The van der Waals surface area contributed by atoms with Gasteiger partial charge in [-0.2, -0.15) is 0 Å². The number of sulfonamides is 1. The predicted octanol–water partition coefficient (Wildman–Crippen LogP) is 4.24. The molecule has 4 aliphatic carbocycles. The highest BCUT2D eigenvalue weighted by Crippen LogP contribution is 2.61. The molecule has 4 saturated carbocycles. The largest absolute Gasteiger partial charge is 0.243 e.